The molecule has 1 aliphatic heterocycles. The number of halogens is 2. The molecule has 1 amide bonds. The Labute approximate surface area is 166 Å². The number of thiocarbonyl (C=S) groups is 1. The summed E-state index contributed by atoms with van der Waals surface area (Å²) >= 11 is 18.9. The van der Waals surface area contributed by atoms with Gasteiger partial charge in [-0.25, -0.2) is 0 Å². The van der Waals surface area contributed by atoms with Gasteiger partial charge in [0.05, 0.1) is 20.6 Å². The van der Waals surface area contributed by atoms with Crippen molar-refractivity contribution in [3.05, 3.63) is 63.0 Å². The van der Waals surface area contributed by atoms with Crippen LogP contribution >= 0.6 is 47.2 Å². The minimum absolute atomic E-state index is 0.163. The van der Waals surface area contributed by atoms with Crippen LogP contribution in [0.5, 0.6) is 0 Å². The van der Waals surface area contributed by atoms with Gasteiger partial charge in [0, 0.05) is 19.8 Å². The third kappa shape index (κ3) is 3.70. The molecule has 0 unspecified atom stereocenters. The largest absolute Gasteiger partial charge is 0.378 e. The van der Waals surface area contributed by atoms with Gasteiger partial charge in [-0.1, -0.05) is 59.3 Å². The zero-order valence-corrected chi connectivity index (χ0v) is 16.6. The summed E-state index contributed by atoms with van der Waals surface area (Å²) in [7, 11) is 3.93. The molecule has 0 aliphatic carbocycles. The van der Waals surface area contributed by atoms with E-state index in [1.54, 1.807) is 18.2 Å². The summed E-state index contributed by atoms with van der Waals surface area (Å²) in [5.41, 5.74) is 2.49. The van der Waals surface area contributed by atoms with E-state index in [2.05, 4.69) is 0 Å². The summed E-state index contributed by atoms with van der Waals surface area (Å²) < 4.78 is 0.493. The third-order valence-corrected chi connectivity index (χ3v) is 5.82. The van der Waals surface area contributed by atoms with Gasteiger partial charge >= 0.3 is 0 Å². The molecule has 1 fully saturated rings. The van der Waals surface area contributed by atoms with Gasteiger partial charge in [0.2, 0.25) is 0 Å². The fraction of sp³-hybridized carbons (Fsp3) is 0.111. The Balaban J connectivity index is 1.92. The number of carbonyl (C=O) groups excluding carboxylic acids is 1. The number of hydrogen-bond donors (Lipinski definition) is 0. The Kier molecular flexibility index (Phi) is 5.39. The monoisotopic (exact) mass is 408 g/mol. The van der Waals surface area contributed by atoms with Gasteiger partial charge in [-0.2, -0.15) is 0 Å². The molecule has 128 valence electrons. The van der Waals surface area contributed by atoms with Crippen LogP contribution in [0.4, 0.5) is 11.4 Å². The average Bonchev–Trinajstić information content (AvgIpc) is 2.86. The maximum absolute atomic E-state index is 12.8. The third-order valence-electron chi connectivity index (χ3n) is 3.69. The first kappa shape index (κ1) is 18.3. The summed E-state index contributed by atoms with van der Waals surface area (Å²) in [6, 6.07) is 13.0. The fourth-order valence-electron chi connectivity index (χ4n) is 2.36. The molecule has 2 aromatic carbocycles. The maximum Gasteiger partial charge on any atom is 0.270 e. The summed E-state index contributed by atoms with van der Waals surface area (Å²) in [6.07, 6.45) is 1.72. The molecule has 25 heavy (non-hydrogen) atoms. The van der Waals surface area contributed by atoms with Gasteiger partial charge in [-0.05, 0) is 42.0 Å². The molecule has 0 spiro atoms. The van der Waals surface area contributed by atoms with Crippen LogP contribution in [-0.4, -0.2) is 24.3 Å². The predicted octanol–water partition coefficient (Wildman–Crippen LogP) is 5.47. The zero-order chi connectivity index (χ0) is 18.1. The number of anilines is 2. The number of hydrogen-bond acceptors (Lipinski definition) is 4. The Hall–Kier alpha value is -1.53. The molecular weight excluding hydrogens is 395 g/mol. The number of rotatable bonds is 3. The highest BCUT2D eigenvalue weighted by molar-refractivity contribution is 8.27. The summed E-state index contributed by atoms with van der Waals surface area (Å²) in [4.78, 5) is 16.8. The van der Waals surface area contributed by atoms with Crippen molar-refractivity contribution in [3.8, 4) is 0 Å². The molecule has 2 aromatic rings. The van der Waals surface area contributed by atoms with Gasteiger partial charge in [0.25, 0.3) is 5.91 Å². The molecule has 0 aromatic heterocycles. The molecule has 0 N–H and O–H groups in total. The van der Waals surface area contributed by atoms with Crippen LogP contribution in [0.1, 0.15) is 5.56 Å². The average molecular weight is 409 g/mol. The highest BCUT2D eigenvalue weighted by atomic mass is 35.5. The first-order valence-electron chi connectivity index (χ1n) is 7.38. The maximum atomic E-state index is 12.8. The number of benzene rings is 2. The highest BCUT2D eigenvalue weighted by Gasteiger charge is 2.33. The second-order valence-electron chi connectivity index (χ2n) is 5.57. The van der Waals surface area contributed by atoms with Gasteiger partial charge in [-0.15, -0.1) is 0 Å². The fourth-order valence-corrected chi connectivity index (χ4v) is 4.02. The van der Waals surface area contributed by atoms with Crippen molar-refractivity contribution in [3.63, 3.8) is 0 Å². The van der Waals surface area contributed by atoms with Crippen molar-refractivity contribution in [2.45, 2.75) is 0 Å². The summed E-state index contributed by atoms with van der Waals surface area (Å²) in [6.45, 7) is 0. The molecule has 1 saturated heterocycles. The number of thioether (sulfide) groups is 1. The van der Waals surface area contributed by atoms with E-state index in [4.69, 9.17) is 35.4 Å². The topological polar surface area (TPSA) is 23.6 Å². The van der Waals surface area contributed by atoms with E-state index >= 15 is 0 Å². The van der Waals surface area contributed by atoms with Crippen molar-refractivity contribution in [1.82, 2.24) is 0 Å². The van der Waals surface area contributed by atoms with E-state index in [1.807, 2.05) is 49.3 Å². The molecule has 3 rings (SSSR count). The lowest BCUT2D eigenvalue weighted by atomic mass is 10.2. The van der Waals surface area contributed by atoms with Gasteiger partial charge in [0.15, 0.2) is 4.32 Å². The van der Waals surface area contributed by atoms with Crippen LogP contribution in [0.15, 0.2) is 47.4 Å². The van der Waals surface area contributed by atoms with E-state index in [0.717, 1.165) is 11.4 Å². The lowest BCUT2D eigenvalue weighted by Gasteiger charge is -2.17. The first-order valence-corrected chi connectivity index (χ1v) is 9.36. The molecule has 0 radical (unpaired) electrons. The van der Waals surface area contributed by atoms with Crippen molar-refractivity contribution >= 4 is 74.9 Å². The molecule has 1 heterocycles. The second kappa shape index (κ2) is 7.38. The number of amides is 1. The van der Waals surface area contributed by atoms with Crippen LogP contribution in [0.25, 0.3) is 6.08 Å². The van der Waals surface area contributed by atoms with Crippen LogP contribution < -0.4 is 9.80 Å². The van der Waals surface area contributed by atoms with E-state index in [0.29, 0.717) is 24.8 Å². The highest BCUT2D eigenvalue weighted by Crippen LogP contribution is 2.38. The van der Waals surface area contributed by atoms with Gasteiger partial charge in [0.1, 0.15) is 0 Å². The predicted molar refractivity (Wildman–Crippen MR) is 113 cm³/mol. The molecule has 7 heteroatoms. The van der Waals surface area contributed by atoms with Crippen molar-refractivity contribution < 1.29 is 4.79 Å². The molecule has 0 atom stereocenters. The van der Waals surface area contributed by atoms with Gasteiger partial charge < -0.3 is 4.90 Å². The SMILES string of the molecule is CN(C)c1ccc(N2C(=O)/C(=C/c3cccc(Cl)c3Cl)SC2=S)cc1. The van der Waals surface area contributed by atoms with Crippen LogP contribution in [0.2, 0.25) is 10.0 Å². The van der Waals surface area contributed by atoms with E-state index in [1.165, 1.54) is 16.7 Å². The summed E-state index contributed by atoms with van der Waals surface area (Å²) in [5.74, 6) is -0.163. The lowest BCUT2D eigenvalue weighted by Crippen LogP contribution is -2.27. The minimum atomic E-state index is -0.163. The first-order chi connectivity index (χ1) is 11.9. The van der Waals surface area contributed by atoms with Crippen LogP contribution in [0, 0.1) is 0 Å². The number of carbonyl (C=O) groups is 1. The Morgan fingerprint density at radius 3 is 2.44 bits per heavy atom. The van der Waals surface area contributed by atoms with Gasteiger partial charge in [-0.3, -0.25) is 9.69 Å². The normalized spacial score (nSPS) is 16.0. The smallest absolute Gasteiger partial charge is 0.270 e. The molecule has 0 saturated carbocycles. The van der Waals surface area contributed by atoms with Crippen molar-refractivity contribution in [1.29, 1.82) is 0 Å². The van der Waals surface area contributed by atoms with Crippen molar-refractivity contribution in [2.24, 2.45) is 0 Å². The molecular formula is C18H14Cl2N2OS2. The summed E-state index contributed by atoms with van der Waals surface area (Å²) in [5, 5.41) is 0.870. The molecule has 0 bridgehead atoms. The quantitative estimate of drug-likeness (QED) is 0.496. The van der Waals surface area contributed by atoms with E-state index < -0.39 is 0 Å². The van der Waals surface area contributed by atoms with E-state index in [-0.39, 0.29) is 5.91 Å². The minimum Gasteiger partial charge on any atom is -0.378 e. The van der Waals surface area contributed by atoms with Crippen LogP contribution in [0.3, 0.4) is 0 Å². The lowest BCUT2D eigenvalue weighted by molar-refractivity contribution is -0.113. The molecule has 3 nitrogen and oxygen atoms in total. The molecule has 1 aliphatic rings. The number of nitrogens with zero attached hydrogens (tertiary/aromatic N) is 2. The Morgan fingerprint density at radius 1 is 1.12 bits per heavy atom. The van der Waals surface area contributed by atoms with Crippen molar-refractivity contribution in [2.75, 3.05) is 23.9 Å². The standard InChI is InChI=1S/C18H14Cl2N2OS2/c1-21(2)12-6-8-13(9-7-12)22-17(23)15(25-18(22)24)10-11-4-3-5-14(19)16(11)20/h3-10H,1-2H3/b15-10-. The Bertz CT molecular complexity index is 879. The van der Waals surface area contributed by atoms with Crippen LogP contribution in [-0.2, 0) is 4.79 Å². The zero-order valence-electron chi connectivity index (χ0n) is 13.5. The second-order valence-corrected chi connectivity index (χ2v) is 8.03. The Morgan fingerprint density at radius 2 is 1.80 bits per heavy atom. The van der Waals surface area contributed by atoms with E-state index in [9.17, 15) is 4.79 Å².